The number of fused-ring (bicyclic) bond motifs is 1. The Hall–Kier alpha value is -2.36. The topological polar surface area (TPSA) is 38.3 Å². The van der Waals surface area contributed by atoms with Crippen LogP contribution >= 0.6 is 0 Å². The first-order valence-electron chi connectivity index (χ1n) is 9.41. The number of halogens is 1. The van der Waals surface area contributed by atoms with Crippen molar-refractivity contribution in [1.82, 2.24) is 5.32 Å². The first kappa shape index (κ1) is 18.4. The number of aryl methyl sites for hydroxylation is 2. The van der Waals surface area contributed by atoms with Crippen molar-refractivity contribution in [1.29, 1.82) is 0 Å². The van der Waals surface area contributed by atoms with Crippen molar-refractivity contribution in [2.45, 2.75) is 58.1 Å². The van der Waals surface area contributed by atoms with Crippen LogP contribution in [0.25, 0.3) is 0 Å². The van der Waals surface area contributed by atoms with Gasteiger partial charge in [0.25, 0.3) is 5.91 Å². The van der Waals surface area contributed by atoms with Crippen molar-refractivity contribution in [3.8, 4) is 5.75 Å². The molecule has 0 spiro atoms. The van der Waals surface area contributed by atoms with Gasteiger partial charge in [0, 0.05) is 0 Å². The first-order chi connectivity index (χ1) is 12.6. The van der Waals surface area contributed by atoms with Crippen molar-refractivity contribution in [2.24, 2.45) is 0 Å². The molecule has 0 fully saturated rings. The Bertz CT molecular complexity index is 757. The summed E-state index contributed by atoms with van der Waals surface area (Å²) in [6.07, 6.45) is 4.70. The molecule has 1 aliphatic rings. The van der Waals surface area contributed by atoms with Crippen LogP contribution in [0.2, 0.25) is 0 Å². The summed E-state index contributed by atoms with van der Waals surface area (Å²) < 4.78 is 19.0. The van der Waals surface area contributed by atoms with E-state index in [9.17, 15) is 9.18 Å². The Balaban J connectivity index is 1.64. The van der Waals surface area contributed by atoms with Gasteiger partial charge in [-0.2, -0.15) is 0 Å². The molecular weight excluding hydrogens is 329 g/mol. The second-order valence-corrected chi connectivity index (χ2v) is 6.93. The highest BCUT2D eigenvalue weighted by Gasteiger charge is 2.21. The number of rotatable bonds is 6. The second kappa shape index (κ2) is 8.35. The maximum Gasteiger partial charge on any atom is 0.261 e. The Labute approximate surface area is 154 Å². The lowest BCUT2D eigenvalue weighted by Crippen LogP contribution is -2.39. The van der Waals surface area contributed by atoms with E-state index in [2.05, 4.69) is 17.4 Å². The smallest absolute Gasteiger partial charge is 0.261 e. The summed E-state index contributed by atoms with van der Waals surface area (Å²) in [7, 11) is 0. The number of amides is 1. The molecule has 0 aromatic heterocycles. The van der Waals surface area contributed by atoms with Gasteiger partial charge in [-0.05, 0) is 80.0 Å². The van der Waals surface area contributed by atoms with Gasteiger partial charge < -0.3 is 10.1 Å². The van der Waals surface area contributed by atoms with E-state index in [1.165, 1.54) is 36.1 Å². The molecule has 2 aromatic carbocycles. The highest BCUT2D eigenvalue weighted by Crippen LogP contribution is 2.26. The van der Waals surface area contributed by atoms with Crippen LogP contribution in [0, 0.1) is 5.82 Å². The van der Waals surface area contributed by atoms with Gasteiger partial charge in [-0.25, -0.2) is 4.39 Å². The first-order valence-corrected chi connectivity index (χ1v) is 9.41. The molecule has 26 heavy (non-hydrogen) atoms. The molecule has 0 unspecified atom stereocenters. The molecule has 2 aromatic rings. The Kier molecular flexibility index (Phi) is 5.92. The molecule has 0 saturated heterocycles. The molecule has 138 valence electrons. The third kappa shape index (κ3) is 4.43. The SMILES string of the molecule is CC[C@@H](Oc1ccc2c(c1)CCCC2)C(=O)N[C@H](C)c1ccc(F)cc1. The normalized spacial score (nSPS) is 15.7. The van der Waals surface area contributed by atoms with Crippen LogP contribution in [0.4, 0.5) is 4.39 Å². The largest absolute Gasteiger partial charge is 0.481 e. The summed E-state index contributed by atoms with van der Waals surface area (Å²) in [5, 5.41) is 2.96. The molecule has 0 radical (unpaired) electrons. The number of nitrogens with one attached hydrogen (secondary N) is 1. The van der Waals surface area contributed by atoms with Gasteiger partial charge >= 0.3 is 0 Å². The molecular formula is C22H26FNO2. The average Bonchev–Trinajstić information content (AvgIpc) is 2.66. The minimum Gasteiger partial charge on any atom is -0.481 e. The van der Waals surface area contributed by atoms with Crippen LogP contribution < -0.4 is 10.1 Å². The van der Waals surface area contributed by atoms with E-state index in [1.54, 1.807) is 12.1 Å². The van der Waals surface area contributed by atoms with Crippen LogP contribution in [-0.4, -0.2) is 12.0 Å². The standard InChI is InChI=1S/C22H26FNO2/c1-3-21(22(25)24-15(2)16-8-11-19(23)12-9-16)26-20-13-10-17-6-4-5-7-18(17)14-20/h8-15,21H,3-7H2,1-2H3,(H,24,25)/t15-,21-/m1/s1. The molecule has 3 rings (SSSR count). The summed E-state index contributed by atoms with van der Waals surface area (Å²) >= 11 is 0. The molecule has 3 nitrogen and oxygen atoms in total. The molecule has 1 amide bonds. The van der Waals surface area contributed by atoms with Gasteiger partial charge in [0.2, 0.25) is 0 Å². The van der Waals surface area contributed by atoms with E-state index in [0.717, 1.165) is 24.2 Å². The highest BCUT2D eigenvalue weighted by atomic mass is 19.1. The van der Waals surface area contributed by atoms with Crippen LogP contribution in [0.5, 0.6) is 5.75 Å². The lowest BCUT2D eigenvalue weighted by atomic mass is 9.92. The number of ether oxygens (including phenoxy) is 1. The molecule has 4 heteroatoms. The Morgan fingerprint density at radius 1 is 1.12 bits per heavy atom. The maximum absolute atomic E-state index is 13.1. The second-order valence-electron chi connectivity index (χ2n) is 6.93. The number of hydrogen-bond acceptors (Lipinski definition) is 2. The van der Waals surface area contributed by atoms with Gasteiger partial charge in [0.05, 0.1) is 6.04 Å². The van der Waals surface area contributed by atoms with E-state index in [4.69, 9.17) is 4.74 Å². The lowest BCUT2D eigenvalue weighted by molar-refractivity contribution is -0.128. The zero-order valence-corrected chi connectivity index (χ0v) is 15.4. The van der Waals surface area contributed by atoms with Crippen molar-refractivity contribution in [3.63, 3.8) is 0 Å². The Morgan fingerprint density at radius 2 is 1.81 bits per heavy atom. The third-order valence-electron chi connectivity index (χ3n) is 4.99. The van der Waals surface area contributed by atoms with Gasteiger partial charge in [0.1, 0.15) is 11.6 Å². The molecule has 0 heterocycles. The van der Waals surface area contributed by atoms with E-state index in [0.29, 0.717) is 6.42 Å². The summed E-state index contributed by atoms with van der Waals surface area (Å²) in [4.78, 5) is 12.6. The van der Waals surface area contributed by atoms with E-state index in [-0.39, 0.29) is 17.8 Å². The fourth-order valence-corrected chi connectivity index (χ4v) is 3.41. The van der Waals surface area contributed by atoms with E-state index in [1.807, 2.05) is 19.9 Å². The minimum atomic E-state index is -0.542. The van der Waals surface area contributed by atoms with Crippen molar-refractivity contribution in [2.75, 3.05) is 0 Å². The molecule has 1 aliphatic carbocycles. The van der Waals surface area contributed by atoms with Gasteiger partial charge in [-0.15, -0.1) is 0 Å². The Morgan fingerprint density at radius 3 is 2.50 bits per heavy atom. The van der Waals surface area contributed by atoms with Crippen LogP contribution in [-0.2, 0) is 17.6 Å². The molecule has 2 atom stereocenters. The fraction of sp³-hybridized carbons (Fsp3) is 0.409. The number of carbonyl (C=O) groups is 1. The zero-order chi connectivity index (χ0) is 18.5. The zero-order valence-electron chi connectivity index (χ0n) is 15.4. The van der Waals surface area contributed by atoms with Crippen molar-refractivity contribution < 1.29 is 13.9 Å². The molecule has 0 aliphatic heterocycles. The summed E-state index contributed by atoms with van der Waals surface area (Å²) in [5.41, 5.74) is 3.60. The predicted molar refractivity (Wildman–Crippen MR) is 101 cm³/mol. The fourth-order valence-electron chi connectivity index (χ4n) is 3.41. The van der Waals surface area contributed by atoms with Gasteiger partial charge in [-0.3, -0.25) is 4.79 Å². The van der Waals surface area contributed by atoms with Crippen LogP contribution in [0.15, 0.2) is 42.5 Å². The monoisotopic (exact) mass is 355 g/mol. The number of carbonyl (C=O) groups excluding carboxylic acids is 1. The van der Waals surface area contributed by atoms with E-state index < -0.39 is 6.10 Å². The molecule has 1 N–H and O–H groups in total. The summed E-state index contributed by atoms with van der Waals surface area (Å²) in [6, 6.07) is 12.1. The summed E-state index contributed by atoms with van der Waals surface area (Å²) in [5.74, 6) is 0.318. The average molecular weight is 355 g/mol. The van der Waals surface area contributed by atoms with Gasteiger partial charge in [-0.1, -0.05) is 25.1 Å². The quantitative estimate of drug-likeness (QED) is 0.813. The van der Waals surface area contributed by atoms with E-state index >= 15 is 0 Å². The van der Waals surface area contributed by atoms with Crippen molar-refractivity contribution in [3.05, 3.63) is 65.0 Å². The maximum atomic E-state index is 13.1. The highest BCUT2D eigenvalue weighted by molar-refractivity contribution is 5.81. The predicted octanol–water partition coefficient (Wildman–Crippen LogP) is 4.74. The molecule has 0 saturated carbocycles. The van der Waals surface area contributed by atoms with Gasteiger partial charge in [0.15, 0.2) is 6.10 Å². The third-order valence-corrected chi connectivity index (χ3v) is 4.99. The number of hydrogen-bond donors (Lipinski definition) is 1. The minimum absolute atomic E-state index is 0.151. The molecule has 0 bridgehead atoms. The summed E-state index contributed by atoms with van der Waals surface area (Å²) in [6.45, 7) is 3.82. The van der Waals surface area contributed by atoms with Crippen LogP contribution in [0.3, 0.4) is 0 Å². The van der Waals surface area contributed by atoms with Crippen molar-refractivity contribution >= 4 is 5.91 Å². The number of benzene rings is 2. The lowest BCUT2D eigenvalue weighted by Gasteiger charge is -2.22. The van der Waals surface area contributed by atoms with Crippen LogP contribution in [0.1, 0.15) is 55.8 Å².